The summed E-state index contributed by atoms with van der Waals surface area (Å²) in [6, 6.07) is 7.48. The summed E-state index contributed by atoms with van der Waals surface area (Å²) in [5.74, 6) is 0.420. The molecule has 5 nitrogen and oxygen atoms in total. The molecule has 0 aromatic heterocycles. The standard InChI is InChI=1S/C15H18N2O3S/c18-14(19)13-10-17(9-11-3-1-2-4-12(11)13)15(20)16-5-7-21-8-6-16/h1-4,13H,5-10H2,(H,18,19). The largest absolute Gasteiger partial charge is 0.481 e. The number of thioether (sulfide) groups is 1. The highest BCUT2D eigenvalue weighted by Gasteiger charge is 2.34. The molecule has 6 heteroatoms. The van der Waals surface area contributed by atoms with E-state index in [4.69, 9.17) is 0 Å². The van der Waals surface area contributed by atoms with Gasteiger partial charge in [0.2, 0.25) is 0 Å². The molecule has 1 N–H and O–H groups in total. The molecule has 1 unspecified atom stereocenters. The molecule has 112 valence electrons. The highest BCUT2D eigenvalue weighted by atomic mass is 32.2. The summed E-state index contributed by atoms with van der Waals surface area (Å²) in [6.45, 7) is 2.26. The number of carbonyl (C=O) groups excluding carboxylic acids is 1. The van der Waals surface area contributed by atoms with E-state index in [0.29, 0.717) is 6.54 Å². The van der Waals surface area contributed by atoms with Crippen molar-refractivity contribution in [2.75, 3.05) is 31.1 Å². The number of rotatable bonds is 1. The molecular weight excluding hydrogens is 288 g/mol. The molecule has 1 aromatic rings. The number of benzene rings is 1. The van der Waals surface area contributed by atoms with Crippen molar-refractivity contribution in [1.82, 2.24) is 9.80 Å². The molecule has 2 aliphatic heterocycles. The Morgan fingerprint density at radius 1 is 1.14 bits per heavy atom. The predicted octanol–water partition coefficient (Wildman–Crippen LogP) is 1.84. The number of nitrogens with zero attached hydrogens (tertiary/aromatic N) is 2. The molecule has 2 aliphatic rings. The van der Waals surface area contributed by atoms with E-state index in [9.17, 15) is 14.7 Å². The quantitative estimate of drug-likeness (QED) is 0.860. The van der Waals surface area contributed by atoms with Crippen LogP contribution in [-0.2, 0) is 11.3 Å². The van der Waals surface area contributed by atoms with Crippen LogP contribution >= 0.6 is 11.8 Å². The smallest absolute Gasteiger partial charge is 0.320 e. The van der Waals surface area contributed by atoms with Crippen molar-refractivity contribution < 1.29 is 14.7 Å². The topological polar surface area (TPSA) is 60.9 Å². The highest BCUT2D eigenvalue weighted by molar-refractivity contribution is 7.99. The van der Waals surface area contributed by atoms with Crippen molar-refractivity contribution in [2.45, 2.75) is 12.5 Å². The van der Waals surface area contributed by atoms with Crippen LogP contribution in [0.5, 0.6) is 0 Å². The molecule has 0 saturated carbocycles. The SMILES string of the molecule is O=C(O)C1CN(C(=O)N2CCSCC2)Cc2ccccc21. The normalized spacial score (nSPS) is 21.8. The van der Waals surface area contributed by atoms with Crippen molar-refractivity contribution in [3.8, 4) is 0 Å². The van der Waals surface area contributed by atoms with Crippen LogP contribution in [0.25, 0.3) is 0 Å². The molecule has 0 spiro atoms. The third-order valence-electron chi connectivity index (χ3n) is 4.04. The van der Waals surface area contributed by atoms with E-state index in [2.05, 4.69) is 0 Å². The van der Waals surface area contributed by atoms with Gasteiger partial charge in [0.25, 0.3) is 0 Å². The number of aliphatic carboxylic acids is 1. The molecule has 2 amide bonds. The summed E-state index contributed by atoms with van der Waals surface area (Å²) in [6.07, 6.45) is 0. The summed E-state index contributed by atoms with van der Waals surface area (Å²) in [4.78, 5) is 27.6. The van der Waals surface area contributed by atoms with Gasteiger partial charge in [-0.1, -0.05) is 24.3 Å². The summed E-state index contributed by atoms with van der Waals surface area (Å²) >= 11 is 1.85. The zero-order chi connectivity index (χ0) is 14.8. The van der Waals surface area contributed by atoms with Crippen LogP contribution in [0.4, 0.5) is 4.79 Å². The van der Waals surface area contributed by atoms with E-state index < -0.39 is 11.9 Å². The summed E-state index contributed by atoms with van der Waals surface area (Å²) in [5, 5.41) is 9.44. The van der Waals surface area contributed by atoms with Gasteiger partial charge in [-0.05, 0) is 11.1 Å². The first-order chi connectivity index (χ1) is 10.2. The van der Waals surface area contributed by atoms with Crippen LogP contribution in [0.1, 0.15) is 17.0 Å². The lowest BCUT2D eigenvalue weighted by atomic mass is 9.90. The maximum absolute atomic E-state index is 12.6. The number of carboxylic acids is 1. The van der Waals surface area contributed by atoms with Crippen LogP contribution in [0.15, 0.2) is 24.3 Å². The summed E-state index contributed by atoms with van der Waals surface area (Å²) < 4.78 is 0. The van der Waals surface area contributed by atoms with Crippen molar-refractivity contribution in [1.29, 1.82) is 0 Å². The van der Waals surface area contributed by atoms with Crippen molar-refractivity contribution in [2.24, 2.45) is 0 Å². The Labute approximate surface area is 127 Å². The Hall–Kier alpha value is -1.69. The lowest BCUT2D eigenvalue weighted by Crippen LogP contribution is -2.49. The molecule has 1 aromatic carbocycles. The fourth-order valence-electron chi connectivity index (χ4n) is 2.92. The van der Waals surface area contributed by atoms with E-state index in [1.165, 1.54) is 0 Å². The Morgan fingerprint density at radius 2 is 1.86 bits per heavy atom. The number of hydrogen-bond donors (Lipinski definition) is 1. The van der Waals surface area contributed by atoms with Gasteiger partial charge in [-0.15, -0.1) is 0 Å². The minimum absolute atomic E-state index is 0.0314. The Balaban J connectivity index is 1.82. The Bertz CT molecular complexity index is 558. The lowest BCUT2D eigenvalue weighted by molar-refractivity contribution is -0.139. The molecular formula is C15H18N2O3S. The van der Waals surface area contributed by atoms with E-state index in [-0.39, 0.29) is 12.6 Å². The van der Waals surface area contributed by atoms with Gasteiger partial charge in [0.15, 0.2) is 0 Å². The average molecular weight is 306 g/mol. The molecule has 0 radical (unpaired) electrons. The first-order valence-corrected chi connectivity index (χ1v) is 8.24. The number of amides is 2. The van der Waals surface area contributed by atoms with Gasteiger partial charge >= 0.3 is 12.0 Å². The van der Waals surface area contributed by atoms with Crippen LogP contribution in [0, 0.1) is 0 Å². The fourth-order valence-corrected chi connectivity index (χ4v) is 3.82. The summed E-state index contributed by atoms with van der Waals surface area (Å²) in [5.41, 5.74) is 1.78. The lowest BCUT2D eigenvalue weighted by Gasteiger charge is -2.37. The second kappa shape index (κ2) is 5.97. The van der Waals surface area contributed by atoms with Crippen molar-refractivity contribution >= 4 is 23.8 Å². The highest BCUT2D eigenvalue weighted by Crippen LogP contribution is 2.29. The van der Waals surface area contributed by atoms with Crippen LogP contribution < -0.4 is 0 Å². The van der Waals surface area contributed by atoms with Gasteiger partial charge in [-0.2, -0.15) is 11.8 Å². The van der Waals surface area contributed by atoms with E-state index in [1.807, 2.05) is 40.9 Å². The monoisotopic (exact) mass is 306 g/mol. The third-order valence-corrected chi connectivity index (χ3v) is 4.99. The first-order valence-electron chi connectivity index (χ1n) is 7.09. The number of carbonyl (C=O) groups is 2. The van der Waals surface area contributed by atoms with Gasteiger partial charge in [-0.3, -0.25) is 4.79 Å². The molecule has 21 heavy (non-hydrogen) atoms. The van der Waals surface area contributed by atoms with Gasteiger partial charge in [0, 0.05) is 37.7 Å². The second-order valence-corrected chi connectivity index (χ2v) is 6.58. The maximum atomic E-state index is 12.6. The third kappa shape index (κ3) is 2.85. The molecule has 2 heterocycles. The van der Waals surface area contributed by atoms with Gasteiger partial charge in [0.1, 0.15) is 0 Å². The first kappa shape index (κ1) is 14.3. The second-order valence-electron chi connectivity index (χ2n) is 5.35. The number of urea groups is 1. The van der Waals surface area contributed by atoms with Crippen molar-refractivity contribution in [3.63, 3.8) is 0 Å². The van der Waals surface area contributed by atoms with E-state index in [1.54, 1.807) is 4.90 Å². The Kier molecular flexibility index (Phi) is 4.05. The minimum atomic E-state index is -0.867. The predicted molar refractivity (Wildman–Crippen MR) is 81.5 cm³/mol. The number of fused-ring (bicyclic) bond motifs is 1. The van der Waals surface area contributed by atoms with E-state index >= 15 is 0 Å². The van der Waals surface area contributed by atoms with Gasteiger partial charge in [0.05, 0.1) is 5.92 Å². The minimum Gasteiger partial charge on any atom is -0.481 e. The average Bonchev–Trinajstić information content (AvgIpc) is 2.53. The number of carboxylic acid groups (broad SMARTS) is 1. The van der Waals surface area contributed by atoms with Crippen LogP contribution in [-0.4, -0.2) is 58.0 Å². The zero-order valence-electron chi connectivity index (χ0n) is 11.7. The van der Waals surface area contributed by atoms with Gasteiger partial charge < -0.3 is 14.9 Å². The maximum Gasteiger partial charge on any atom is 0.320 e. The molecule has 1 saturated heterocycles. The molecule has 1 atom stereocenters. The van der Waals surface area contributed by atoms with Crippen molar-refractivity contribution in [3.05, 3.63) is 35.4 Å². The molecule has 3 rings (SSSR count). The molecule has 0 aliphatic carbocycles. The van der Waals surface area contributed by atoms with Gasteiger partial charge in [-0.25, -0.2) is 4.79 Å². The zero-order valence-corrected chi connectivity index (χ0v) is 12.5. The molecule has 1 fully saturated rings. The molecule has 0 bridgehead atoms. The number of hydrogen-bond acceptors (Lipinski definition) is 3. The Morgan fingerprint density at radius 3 is 2.57 bits per heavy atom. The summed E-state index contributed by atoms with van der Waals surface area (Å²) in [7, 11) is 0. The van der Waals surface area contributed by atoms with Crippen LogP contribution in [0.2, 0.25) is 0 Å². The fraction of sp³-hybridized carbons (Fsp3) is 0.467. The van der Waals surface area contributed by atoms with E-state index in [0.717, 1.165) is 35.7 Å². The van der Waals surface area contributed by atoms with Crippen LogP contribution in [0.3, 0.4) is 0 Å².